The fourth-order valence-electron chi connectivity index (χ4n) is 3.64. The van der Waals surface area contributed by atoms with Crippen LogP contribution in [0.3, 0.4) is 0 Å². The first-order valence-electron chi connectivity index (χ1n) is 10.5. The first-order valence-corrected chi connectivity index (χ1v) is 11.4. The Hall–Kier alpha value is -2.27. The van der Waals surface area contributed by atoms with Gasteiger partial charge in [-0.15, -0.1) is 35.3 Å². The van der Waals surface area contributed by atoms with Crippen LogP contribution in [0.5, 0.6) is 11.5 Å². The SMILES string of the molecule is CN=C(NCc1coc(-c2cccs2)n1)NCc1cccc(OC)c1OC1CCCC1.I. The standard InChI is InChI=1S/C23H28N4O3S.HI/c1-24-23(26-14-17-15-29-22(27-17)20-11-6-12-31-20)25-13-16-7-5-10-19(28-2)21(16)30-18-8-3-4-9-18;/h5-7,10-12,15,18H,3-4,8-9,13-14H2,1-2H3,(H2,24,25,26);1H. The number of nitrogens with one attached hydrogen (secondary N) is 2. The van der Waals surface area contributed by atoms with Crippen LogP contribution in [0.25, 0.3) is 10.8 Å². The van der Waals surface area contributed by atoms with E-state index >= 15 is 0 Å². The first kappa shape index (κ1) is 24.4. The van der Waals surface area contributed by atoms with E-state index < -0.39 is 0 Å². The summed E-state index contributed by atoms with van der Waals surface area (Å²) in [5.74, 6) is 2.89. The average Bonchev–Trinajstić information content (AvgIpc) is 3.57. The molecule has 0 aliphatic heterocycles. The summed E-state index contributed by atoms with van der Waals surface area (Å²) in [6.45, 7) is 1.08. The van der Waals surface area contributed by atoms with Crippen LogP contribution >= 0.6 is 35.3 Å². The molecule has 1 saturated carbocycles. The van der Waals surface area contributed by atoms with Gasteiger partial charge in [0.15, 0.2) is 17.5 Å². The first-order chi connectivity index (χ1) is 15.3. The lowest BCUT2D eigenvalue weighted by molar-refractivity contribution is 0.198. The number of aromatic nitrogens is 1. The fourth-order valence-corrected chi connectivity index (χ4v) is 4.30. The molecule has 2 heterocycles. The lowest BCUT2D eigenvalue weighted by Crippen LogP contribution is -2.36. The van der Waals surface area contributed by atoms with Crippen LogP contribution in [0.2, 0.25) is 0 Å². The van der Waals surface area contributed by atoms with Gasteiger partial charge in [0.05, 0.1) is 30.3 Å². The van der Waals surface area contributed by atoms with Gasteiger partial charge in [-0.2, -0.15) is 0 Å². The Bertz CT molecular complexity index is 1000. The molecule has 1 fully saturated rings. The number of benzene rings is 1. The topological polar surface area (TPSA) is 80.9 Å². The van der Waals surface area contributed by atoms with Crippen LogP contribution in [0.1, 0.15) is 36.9 Å². The monoisotopic (exact) mass is 568 g/mol. The van der Waals surface area contributed by atoms with Gasteiger partial charge in [0.2, 0.25) is 5.89 Å². The van der Waals surface area contributed by atoms with Gasteiger partial charge in [0.25, 0.3) is 0 Å². The quantitative estimate of drug-likeness (QED) is 0.221. The lowest BCUT2D eigenvalue weighted by atomic mass is 10.1. The molecule has 0 bridgehead atoms. The van der Waals surface area contributed by atoms with Gasteiger partial charge in [0.1, 0.15) is 6.26 Å². The van der Waals surface area contributed by atoms with Crippen molar-refractivity contribution in [2.45, 2.75) is 44.9 Å². The summed E-state index contributed by atoms with van der Waals surface area (Å²) in [6.07, 6.45) is 6.57. The molecule has 9 heteroatoms. The van der Waals surface area contributed by atoms with E-state index in [0.717, 1.165) is 40.5 Å². The molecule has 3 aromatic rings. The number of thiophene rings is 1. The number of hydrogen-bond donors (Lipinski definition) is 2. The fraction of sp³-hybridized carbons (Fsp3) is 0.391. The zero-order valence-electron chi connectivity index (χ0n) is 18.3. The van der Waals surface area contributed by atoms with Crippen molar-refractivity contribution in [2.24, 2.45) is 4.99 Å². The zero-order valence-corrected chi connectivity index (χ0v) is 21.4. The molecule has 0 spiro atoms. The number of oxazole rings is 1. The smallest absolute Gasteiger partial charge is 0.236 e. The van der Waals surface area contributed by atoms with Crippen molar-refractivity contribution >= 4 is 41.3 Å². The number of hydrogen-bond acceptors (Lipinski definition) is 6. The highest BCUT2D eigenvalue weighted by atomic mass is 127. The molecule has 32 heavy (non-hydrogen) atoms. The molecule has 7 nitrogen and oxygen atoms in total. The molecular formula is C23H29IN4O3S. The summed E-state index contributed by atoms with van der Waals surface area (Å²) in [7, 11) is 3.42. The molecule has 0 amide bonds. The third-order valence-corrected chi connectivity index (χ3v) is 6.12. The Morgan fingerprint density at radius 3 is 2.72 bits per heavy atom. The van der Waals surface area contributed by atoms with Crippen molar-refractivity contribution in [3.63, 3.8) is 0 Å². The van der Waals surface area contributed by atoms with Gasteiger partial charge >= 0.3 is 0 Å². The van der Waals surface area contributed by atoms with Crippen LogP contribution in [0.4, 0.5) is 0 Å². The summed E-state index contributed by atoms with van der Waals surface area (Å²) in [4.78, 5) is 9.87. The summed E-state index contributed by atoms with van der Waals surface area (Å²) in [5, 5.41) is 8.64. The van der Waals surface area contributed by atoms with Crippen molar-refractivity contribution in [1.82, 2.24) is 15.6 Å². The molecule has 1 aliphatic carbocycles. The Kier molecular flexibility index (Phi) is 9.22. The molecule has 0 atom stereocenters. The summed E-state index contributed by atoms with van der Waals surface area (Å²) >= 11 is 1.60. The molecule has 2 aromatic heterocycles. The van der Waals surface area contributed by atoms with Gasteiger partial charge in [-0.25, -0.2) is 4.98 Å². The number of methoxy groups -OCH3 is 1. The Morgan fingerprint density at radius 1 is 1.19 bits per heavy atom. The lowest BCUT2D eigenvalue weighted by Gasteiger charge is -2.20. The van der Waals surface area contributed by atoms with Crippen LogP contribution in [0.15, 0.2) is 51.4 Å². The summed E-state index contributed by atoms with van der Waals surface area (Å²) in [6, 6.07) is 9.95. The predicted molar refractivity (Wildman–Crippen MR) is 138 cm³/mol. The zero-order chi connectivity index (χ0) is 21.5. The van der Waals surface area contributed by atoms with Gasteiger partial charge in [-0.3, -0.25) is 4.99 Å². The van der Waals surface area contributed by atoms with E-state index in [-0.39, 0.29) is 30.1 Å². The minimum absolute atomic E-state index is 0. The number of rotatable bonds is 8. The number of guanidine groups is 1. The maximum Gasteiger partial charge on any atom is 0.236 e. The number of aliphatic imine (C=N–C) groups is 1. The molecule has 0 saturated heterocycles. The van der Waals surface area contributed by atoms with Crippen molar-refractivity contribution in [1.29, 1.82) is 0 Å². The van der Waals surface area contributed by atoms with Gasteiger partial charge in [-0.1, -0.05) is 18.2 Å². The molecular weight excluding hydrogens is 539 g/mol. The van der Waals surface area contributed by atoms with E-state index in [2.05, 4.69) is 26.7 Å². The molecule has 4 rings (SSSR count). The maximum atomic E-state index is 6.32. The molecule has 0 radical (unpaired) electrons. The summed E-state index contributed by atoms with van der Waals surface area (Å²) < 4.78 is 17.4. The van der Waals surface area contributed by atoms with Crippen molar-refractivity contribution < 1.29 is 13.9 Å². The van der Waals surface area contributed by atoms with E-state index in [1.807, 2.05) is 29.6 Å². The van der Waals surface area contributed by atoms with Crippen LogP contribution in [-0.2, 0) is 13.1 Å². The van der Waals surface area contributed by atoms with E-state index in [1.54, 1.807) is 31.8 Å². The third-order valence-electron chi connectivity index (χ3n) is 5.26. The Morgan fingerprint density at radius 2 is 2.00 bits per heavy atom. The van der Waals surface area contributed by atoms with E-state index in [4.69, 9.17) is 13.9 Å². The Labute approximate surface area is 209 Å². The third kappa shape index (κ3) is 6.16. The highest BCUT2D eigenvalue weighted by molar-refractivity contribution is 14.0. The van der Waals surface area contributed by atoms with Crippen molar-refractivity contribution in [3.05, 3.63) is 53.2 Å². The molecule has 1 aromatic carbocycles. The van der Waals surface area contributed by atoms with Crippen molar-refractivity contribution in [3.8, 4) is 22.3 Å². The highest BCUT2D eigenvalue weighted by Gasteiger charge is 2.20. The molecule has 1 aliphatic rings. The minimum Gasteiger partial charge on any atom is -0.493 e. The van der Waals surface area contributed by atoms with E-state index in [0.29, 0.717) is 24.9 Å². The van der Waals surface area contributed by atoms with Gasteiger partial charge in [0, 0.05) is 19.2 Å². The van der Waals surface area contributed by atoms with Crippen molar-refractivity contribution in [2.75, 3.05) is 14.2 Å². The predicted octanol–water partition coefficient (Wildman–Crippen LogP) is 5.22. The van der Waals surface area contributed by atoms with Crippen LogP contribution < -0.4 is 20.1 Å². The van der Waals surface area contributed by atoms with E-state index in [9.17, 15) is 0 Å². The maximum absolute atomic E-state index is 6.32. The van der Waals surface area contributed by atoms with Gasteiger partial charge in [-0.05, 0) is 43.2 Å². The summed E-state index contributed by atoms with van der Waals surface area (Å²) in [5.41, 5.74) is 1.86. The second-order valence-corrected chi connectivity index (χ2v) is 8.32. The normalized spacial score (nSPS) is 14.1. The second kappa shape index (κ2) is 12.1. The number of halogens is 1. The van der Waals surface area contributed by atoms with E-state index in [1.165, 1.54) is 12.8 Å². The van der Waals surface area contributed by atoms with Crippen LogP contribution in [0, 0.1) is 0 Å². The number of ether oxygens (including phenoxy) is 2. The number of para-hydroxylation sites is 1. The second-order valence-electron chi connectivity index (χ2n) is 7.37. The van der Waals surface area contributed by atoms with Gasteiger partial charge < -0.3 is 24.5 Å². The molecule has 2 N–H and O–H groups in total. The van der Waals surface area contributed by atoms with Crippen LogP contribution in [-0.4, -0.2) is 31.2 Å². The molecule has 172 valence electrons. The largest absolute Gasteiger partial charge is 0.493 e. The average molecular weight is 568 g/mol. The minimum atomic E-state index is 0. The Balaban J connectivity index is 0.00000289. The molecule has 0 unspecified atom stereocenters. The number of nitrogens with zero attached hydrogens (tertiary/aromatic N) is 2. The highest BCUT2D eigenvalue weighted by Crippen LogP contribution is 2.34.